The average molecular weight is 212 g/mol. The largest absolute Gasteiger partial charge is 0.299 e. The maximum atomic E-state index is 13.2. The quantitative estimate of drug-likeness (QED) is 0.749. The van der Waals surface area contributed by atoms with E-state index in [2.05, 4.69) is 0 Å². The zero-order valence-electron chi connectivity index (χ0n) is 8.89. The van der Waals surface area contributed by atoms with Crippen molar-refractivity contribution in [3.63, 3.8) is 0 Å². The molecule has 0 fully saturated rings. The molecular weight excluding hydrogens is 198 g/mol. The SMILES string of the molecule is CC(C)CC(=O)Cc1ccc(F)cc1F. The minimum Gasteiger partial charge on any atom is -0.299 e. The molecule has 0 radical (unpaired) electrons. The van der Waals surface area contributed by atoms with E-state index in [-0.39, 0.29) is 23.7 Å². The molecule has 0 aliphatic heterocycles. The van der Waals surface area contributed by atoms with Gasteiger partial charge >= 0.3 is 0 Å². The Morgan fingerprint density at radius 3 is 2.53 bits per heavy atom. The number of rotatable bonds is 4. The van der Waals surface area contributed by atoms with Crippen molar-refractivity contribution in [1.29, 1.82) is 0 Å². The van der Waals surface area contributed by atoms with Crippen LogP contribution in [0, 0.1) is 17.6 Å². The molecule has 82 valence electrons. The second-order valence-corrected chi connectivity index (χ2v) is 4.05. The molecule has 0 atom stereocenters. The van der Waals surface area contributed by atoms with Gasteiger partial charge in [-0.1, -0.05) is 19.9 Å². The summed E-state index contributed by atoms with van der Waals surface area (Å²) in [7, 11) is 0. The van der Waals surface area contributed by atoms with Gasteiger partial charge in [0.25, 0.3) is 0 Å². The lowest BCUT2D eigenvalue weighted by Crippen LogP contribution is -2.07. The van der Waals surface area contributed by atoms with Crippen LogP contribution in [0.2, 0.25) is 0 Å². The number of hydrogen-bond donors (Lipinski definition) is 0. The molecule has 0 saturated heterocycles. The number of Topliss-reactive ketones (excluding diaryl/α,β-unsaturated/α-hetero) is 1. The van der Waals surface area contributed by atoms with Crippen LogP contribution in [0.4, 0.5) is 8.78 Å². The van der Waals surface area contributed by atoms with E-state index >= 15 is 0 Å². The molecule has 0 N–H and O–H groups in total. The van der Waals surface area contributed by atoms with Crippen molar-refractivity contribution in [1.82, 2.24) is 0 Å². The molecule has 0 aromatic heterocycles. The Morgan fingerprint density at radius 1 is 1.33 bits per heavy atom. The first kappa shape index (κ1) is 11.8. The Bertz CT molecular complexity index is 359. The molecule has 0 saturated carbocycles. The Labute approximate surface area is 88.1 Å². The highest BCUT2D eigenvalue weighted by Gasteiger charge is 2.10. The van der Waals surface area contributed by atoms with E-state index < -0.39 is 11.6 Å². The highest BCUT2D eigenvalue weighted by molar-refractivity contribution is 5.81. The molecular formula is C12H14F2O. The first-order valence-electron chi connectivity index (χ1n) is 4.94. The topological polar surface area (TPSA) is 17.1 Å². The normalized spacial score (nSPS) is 10.7. The fourth-order valence-electron chi connectivity index (χ4n) is 1.40. The van der Waals surface area contributed by atoms with Crippen molar-refractivity contribution >= 4 is 5.78 Å². The van der Waals surface area contributed by atoms with E-state index in [4.69, 9.17) is 0 Å². The van der Waals surface area contributed by atoms with Gasteiger partial charge in [-0.05, 0) is 17.5 Å². The molecule has 1 rings (SSSR count). The lowest BCUT2D eigenvalue weighted by Gasteiger charge is -2.05. The summed E-state index contributed by atoms with van der Waals surface area (Å²) in [5, 5.41) is 0. The predicted octanol–water partition coefficient (Wildman–Crippen LogP) is 3.12. The molecule has 0 spiro atoms. The Hall–Kier alpha value is -1.25. The molecule has 0 unspecified atom stereocenters. The second-order valence-electron chi connectivity index (χ2n) is 4.05. The summed E-state index contributed by atoms with van der Waals surface area (Å²) >= 11 is 0. The molecule has 0 aliphatic rings. The van der Waals surface area contributed by atoms with Crippen molar-refractivity contribution in [2.45, 2.75) is 26.7 Å². The summed E-state index contributed by atoms with van der Waals surface area (Å²) in [4.78, 5) is 11.4. The maximum Gasteiger partial charge on any atom is 0.137 e. The summed E-state index contributed by atoms with van der Waals surface area (Å²) in [6.45, 7) is 3.86. The predicted molar refractivity (Wildman–Crippen MR) is 54.5 cm³/mol. The highest BCUT2D eigenvalue weighted by atomic mass is 19.1. The monoisotopic (exact) mass is 212 g/mol. The van der Waals surface area contributed by atoms with Crippen LogP contribution in [0.1, 0.15) is 25.8 Å². The standard InChI is InChI=1S/C12H14F2O/c1-8(2)5-11(15)6-9-3-4-10(13)7-12(9)14/h3-4,7-8H,5-6H2,1-2H3. The Balaban J connectivity index is 2.68. The van der Waals surface area contributed by atoms with Crippen LogP contribution in [0.5, 0.6) is 0 Å². The Morgan fingerprint density at radius 2 is 2.00 bits per heavy atom. The first-order valence-corrected chi connectivity index (χ1v) is 4.94. The van der Waals surface area contributed by atoms with E-state index in [9.17, 15) is 13.6 Å². The number of benzene rings is 1. The van der Waals surface area contributed by atoms with E-state index in [0.717, 1.165) is 6.07 Å². The van der Waals surface area contributed by atoms with Crippen LogP contribution >= 0.6 is 0 Å². The van der Waals surface area contributed by atoms with Gasteiger partial charge < -0.3 is 0 Å². The van der Waals surface area contributed by atoms with Crippen molar-refractivity contribution in [3.8, 4) is 0 Å². The van der Waals surface area contributed by atoms with Gasteiger partial charge in [-0.25, -0.2) is 8.78 Å². The summed E-state index contributed by atoms with van der Waals surface area (Å²) in [5.41, 5.74) is 0.266. The van der Waals surface area contributed by atoms with E-state index in [1.807, 2.05) is 13.8 Å². The van der Waals surface area contributed by atoms with Crippen LogP contribution in [-0.2, 0) is 11.2 Å². The number of ketones is 1. The maximum absolute atomic E-state index is 13.2. The van der Waals surface area contributed by atoms with Crippen molar-refractivity contribution in [2.75, 3.05) is 0 Å². The molecule has 0 heterocycles. The minimum absolute atomic E-state index is 0.0180. The van der Waals surface area contributed by atoms with Crippen LogP contribution in [0.25, 0.3) is 0 Å². The molecule has 15 heavy (non-hydrogen) atoms. The second kappa shape index (κ2) is 5.01. The van der Waals surface area contributed by atoms with Gasteiger partial charge in [0.1, 0.15) is 17.4 Å². The number of carbonyl (C=O) groups is 1. The van der Waals surface area contributed by atoms with Gasteiger partial charge in [-0.15, -0.1) is 0 Å². The van der Waals surface area contributed by atoms with E-state index in [0.29, 0.717) is 6.42 Å². The summed E-state index contributed by atoms with van der Waals surface area (Å²) in [6.07, 6.45) is 0.473. The fourth-order valence-corrected chi connectivity index (χ4v) is 1.40. The Kier molecular flexibility index (Phi) is 3.95. The third-order valence-corrected chi connectivity index (χ3v) is 2.04. The van der Waals surface area contributed by atoms with Crippen molar-refractivity contribution < 1.29 is 13.6 Å². The smallest absolute Gasteiger partial charge is 0.137 e. The first-order chi connectivity index (χ1) is 6.99. The third kappa shape index (κ3) is 3.78. The van der Waals surface area contributed by atoms with Gasteiger partial charge in [-0.2, -0.15) is 0 Å². The van der Waals surface area contributed by atoms with Crippen LogP contribution in [0.3, 0.4) is 0 Å². The molecule has 1 aromatic carbocycles. The lowest BCUT2D eigenvalue weighted by atomic mass is 10.0. The van der Waals surface area contributed by atoms with Crippen molar-refractivity contribution in [2.24, 2.45) is 5.92 Å². The van der Waals surface area contributed by atoms with E-state index in [1.54, 1.807) is 0 Å². The zero-order valence-corrected chi connectivity index (χ0v) is 8.89. The molecule has 0 amide bonds. The molecule has 3 heteroatoms. The highest BCUT2D eigenvalue weighted by Crippen LogP contribution is 2.12. The van der Waals surface area contributed by atoms with Gasteiger partial charge in [0.05, 0.1) is 0 Å². The fraction of sp³-hybridized carbons (Fsp3) is 0.417. The lowest BCUT2D eigenvalue weighted by molar-refractivity contribution is -0.119. The molecule has 1 aromatic rings. The number of carbonyl (C=O) groups excluding carboxylic acids is 1. The van der Waals surface area contributed by atoms with Gasteiger partial charge in [0, 0.05) is 18.9 Å². The number of hydrogen-bond acceptors (Lipinski definition) is 1. The zero-order chi connectivity index (χ0) is 11.4. The van der Waals surface area contributed by atoms with E-state index in [1.165, 1.54) is 12.1 Å². The summed E-state index contributed by atoms with van der Waals surface area (Å²) in [6, 6.07) is 3.29. The summed E-state index contributed by atoms with van der Waals surface area (Å²) < 4.78 is 25.7. The minimum atomic E-state index is -0.646. The van der Waals surface area contributed by atoms with Crippen LogP contribution in [0.15, 0.2) is 18.2 Å². The van der Waals surface area contributed by atoms with Gasteiger partial charge in [-0.3, -0.25) is 4.79 Å². The third-order valence-electron chi connectivity index (χ3n) is 2.04. The average Bonchev–Trinajstić information content (AvgIpc) is 2.08. The van der Waals surface area contributed by atoms with Gasteiger partial charge in [0.15, 0.2) is 0 Å². The van der Waals surface area contributed by atoms with Crippen LogP contribution in [-0.4, -0.2) is 5.78 Å². The molecule has 0 bridgehead atoms. The van der Waals surface area contributed by atoms with Crippen molar-refractivity contribution in [3.05, 3.63) is 35.4 Å². The van der Waals surface area contributed by atoms with Crippen LogP contribution < -0.4 is 0 Å². The van der Waals surface area contributed by atoms with Gasteiger partial charge in [0.2, 0.25) is 0 Å². The molecule has 1 nitrogen and oxygen atoms in total. The number of halogens is 2. The molecule has 0 aliphatic carbocycles. The summed E-state index contributed by atoms with van der Waals surface area (Å²) in [5.74, 6) is -1.02.